The summed E-state index contributed by atoms with van der Waals surface area (Å²) < 4.78 is 9.81. The van der Waals surface area contributed by atoms with Crippen LogP contribution >= 0.6 is 34.8 Å². The van der Waals surface area contributed by atoms with Gasteiger partial charge < -0.3 is 20.7 Å². The number of hydrogen-bond donors (Lipinski definition) is 1. The Morgan fingerprint density at radius 1 is 0.726 bits per heavy atom. The number of unbranched alkanes of at least 4 members (excludes halogenated alkanes) is 3. The standard InChI is InChI=1S/C13H17ClN4O2.C12H15ClN4O2.C11H14ClN3O2.CH2O3.2K.H/c1-4-6-8-18-10-9(11(19)16(3)13(18)20)17(7-5-2)12(14)15-10;1-3-5-7-17-9-8(10(18)15-12(17)19)16(6-4-2)11(13)14-9;1-3-4-5-15-9-7(6-8(12)13-9)10(16)14(2)11(15)17;2-1-4-3;;;/h5H,2,4,6-8H2,1,3H3;4H,2-3,5-7H2,1H3,(H,15,18,19);3-6H2,1-2H3;1,3H;;;/q;;;;2*+1;-1/p-1. The molecule has 0 saturated carbocycles. The van der Waals surface area contributed by atoms with Crippen molar-refractivity contribution in [3.05, 3.63) is 104 Å². The summed E-state index contributed by atoms with van der Waals surface area (Å²) in [4.78, 5) is 98.0. The largest absolute Gasteiger partial charge is 1.00 e. The van der Waals surface area contributed by atoms with E-state index in [1.54, 1.807) is 16.7 Å². The predicted octanol–water partition coefficient (Wildman–Crippen LogP) is -3.21. The van der Waals surface area contributed by atoms with Crippen LogP contribution in [0.4, 0.5) is 5.82 Å². The van der Waals surface area contributed by atoms with Crippen molar-refractivity contribution < 1.29 is 119 Å². The minimum absolute atomic E-state index is 0. The number of hydrogen-bond acceptors (Lipinski definition) is 12. The van der Waals surface area contributed by atoms with E-state index in [1.165, 1.54) is 32.4 Å². The van der Waals surface area contributed by atoms with Gasteiger partial charge in [-0.3, -0.25) is 47.0 Å². The Morgan fingerprint density at radius 2 is 1.16 bits per heavy atom. The number of aryl methyl sites for hydroxylation is 2. The van der Waals surface area contributed by atoms with Crippen molar-refractivity contribution in [2.45, 2.75) is 98.4 Å². The van der Waals surface area contributed by atoms with Crippen LogP contribution in [0.2, 0.25) is 10.6 Å². The first-order chi connectivity index (χ1) is 28.6. The molecule has 6 heterocycles. The fraction of sp³-hybridized carbons (Fsp3) is 0.459. The molecule has 0 unspecified atom stereocenters. The second kappa shape index (κ2) is 27.9. The zero-order chi connectivity index (χ0) is 44.8. The number of allylic oxidation sites excluding steroid dienone is 2. The van der Waals surface area contributed by atoms with E-state index < -0.39 is 11.2 Å². The van der Waals surface area contributed by atoms with Gasteiger partial charge in [0.25, 0.3) is 23.2 Å². The van der Waals surface area contributed by atoms with E-state index in [4.69, 9.17) is 44.9 Å². The summed E-state index contributed by atoms with van der Waals surface area (Å²) in [5, 5.41) is 9.16. The Labute approximate surface area is 456 Å². The van der Waals surface area contributed by atoms with Crippen molar-refractivity contribution in [3.8, 4) is 0 Å². The molecule has 5 aromatic rings. The van der Waals surface area contributed by atoms with Crippen LogP contribution in [-0.4, -0.2) is 58.6 Å². The molecule has 25 heteroatoms. The number of fused-ring (bicyclic) bond motifs is 3. The summed E-state index contributed by atoms with van der Waals surface area (Å²) in [5.41, 5.74) is -0.460. The summed E-state index contributed by atoms with van der Waals surface area (Å²) in [5.74, 6) is 0.441. The van der Waals surface area contributed by atoms with Gasteiger partial charge in [-0.15, -0.1) is 13.2 Å². The van der Waals surface area contributed by atoms with E-state index in [0.717, 1.165) is 47.7 Å². The minimum atomic E-state index is -0.478. The van der Waals surface area contributed by atoms with Crippen molar-refractivity contribution in [1.29, 1.82) is 0 Å². The van der Waals surface area contributed by atoms with Crippen molar-refractivity contribution >= 4 is 74.6 Å². The maximum Gasteiger partial charge on any atom is 1.00 e. The van der Waals surface area contributed by atoms with Gasteiger partial charge >= 0.3 is 120 Å². The number of nitrogens with one attached hydrogen (secondary N) is 1. The molecule has 5 aromatic heterocycles. The molecule has 1 N–H and O–H groups in total. The van der Waals surface area contributed by atoms with Gasteiger partial charge in [0.1, 0.15) is 11.0 Å². The van der Waals surface area contributed by atoms with Gasteiger partial charge in [-0.05, 0) is 42.5 Å². The second-order valence-electron chi connectivity index (χ2n) is 13.1. The molecule has 0 amide bonds. The minimum Gasteiger partial charge on any atom is -1.00 e. The Bertz CT molecular complexity index is 2770. The molecule has 0 saturated heterocycles. The van der Waals surface area contributed by atoms with Gasteiger partial charge in [0.2, 0.25) is 10.6 Å². The number of rotatable bonds is 14. The normalized spacial score (nSPS) is 11.1. The number of H-pyrrole nitrogens is 1. The van der Waals surface area contributed by atoms with Crippen molar-refractivity contribution in [2.75, 3.05) is 0 Å². The molecule has 0 radical (unpaired) electrons. The average Bonchev–Trinajstić information content (AvgIpc) is 3.89. The number of nitrogens with zero attached hydrogens (tertiary/aromatic N) is 10. The molecule has 0 fully saturated rings. The number of aromatic amines is 1. The Kier molecular flexibility index (Phi) is 26.0. The monoisotopic (exact) mass is 973 g/mol. The fourth-order valence-electron chi connectivity index (χ4n) is 6.03. The van der Waals surface area contributed by atoms with Gasteiger partial charge in [0.15, 0.2) is 22.3 Å². The molecule has 0 aromatic carbocycles. The third kappa shape index (κ3) is 13.6. The van der Waals surface area contributed by atoms with E-state index in [0.29, 0.717) is 78.0 Å². The fourth-order valence-corrected chi connectivity index (χ4v) is 6.71. The maximum absolute atomic E-state index is 12.3. The summed E-state index contributed by atoms with van der Waals surface area (Å²) >= 11 is 17.9. The SMILES string of the molecule is C=CCn1c(Cl)nc2c1c(=O)[nH]c(=O)n2CCCC.C=CCn1c(Cl)nc2c1c(=O)n(C)c(=O)n2CCCC.CCCCn1c2c(c(=O)n(C)c1=O)CC(Cl)=N2.O=CO[O-].[H-].[K+].[K+]. The van der Waals surface area contributed by atoms with E-state index in [1.807, 2.05) is 20.8 Å². The Morgan fingerprint density at radius 3 is 1.65 bits per heavy atom. The number of carbonyl (C=O) groups is 1. The zero-order valence-electron chi connectivity index (χ0n) is 36.9. The summed E-state index contributed by atoms with van der Waals surface area (Å²) in [6.07, 6.45) is 8.97. The predicted molar refractivity (Wildman–Crippen MR) is 230 cm³/mol. The van der Waals surface area contributed by atoms with Gasteiger partial charge in [0, 0.05) is 53.2 Å². The van der Waals surface area contributed by atoms with Crippen molar-refractivity contribution in [2.24, 2.45) is 19.1 Å². The topological polar surface area (TPSA) is 240 Å². The number of carbonyl (C=O) groups excluding carboxylic acids is 1. The first-order valence-electron chi connectivity index (χ1n) is 18.8. The first-order valence-corrected chi connectivity index (χ1v) is 20.0. The van der Waals surface area contributed by atoms with Crippen LogP contribution in [0, 0.1) is 0 Å². The quantitative estimate of drug-likeness (QED) is 0.0290. The van der Waals surface area contributed by atoms with Crippen LogP contribution in [0.15, 0.2) is 59.1 Å². The molecule has 6 rings (SSSR count). The van der Waals surface area contributed by atoms with Crippen LogP contribution in [0.3, 0.4) is 0 Å². The molecule has 1 aliphatic rings. The summed E-state index contributed by atoms with van der Waals surface area (Å²) in [7, 11) is 2.95. The van der Waals surface area contributed by atoms with Crippen LogP contribution in [0.1, 0.15) is 66.3 Å². The molecule has 20 nitrogen and oxygen atoms in total. The van der Waals surface area contributed by atoms with E-state index in [9.17, 15) is 28.8 Å². The van der Waals surface area contributed by atoms with Crippen LogP contribution in [-0.2, 0) is 62.9 Å². The van der Waals surface area contributed by atoms with Crippen LogP contribution in [0.25, 0.3) is 22.3 Å². The van der Waals surface area contributed by atoms with E-state index >= 15 is 0 Å². The molecule has 62 heavy (non-hydrogen) atoms. The number of aromatic nitrogens is 10. The second-order valence-corrected chi connectivity index (χ2v) is 14.2. The van der Waals surface area contributed by atoms with E-state index in [2.05, 4.69) is 38.0 Å². The maximum atomic E-state index is 12.3. The molecule has 0 atom stereocenters. The zero-order valence-corrected chi connectivity index (χ0v) is 44.4. The number of halogens is 3. The van der Waals surface area contributed by atoms with Gasteiger partial charge in [-0.25, -0.2) is 19.4 Å². The van der Waals surface area contributed by atoms with Crippen LogP contribution in [0.5, 0.6) is 0 Å². The Balaban J connectivity index is 0.000000859. The van der Waals surface area contributed by atoms with Gasteiger partial charge in [-0.1, -0.05) is 63.8 Å². The molecule has 1 aliphatic heterocycles. The molecule has 0 spiro atoms. The third-order valence-electron chi connectivity index (χ3n) is 9.05. The van der Waals surface area contributed by atoms with Gasteiger partial charge in [0.05, 0.1) is 5.56 Å². The average molecular weight is 975 g/mol. The summed E-state index contributed by atoms with van der Waals surface area (Å²) in [6.45, 7) is 15.5. The molecule has 0 aliphatic carbocycles. The molecule has 0 bridgehead atoms. The first kappa shape index (κ1) is 57.7. The van der Waals surface area contributed by atoms with Gasteiger partial charge in [-0.2, -0.15) is 9.97 Å². The smallest absolute Gasteiger partial charge is 1.00 e. The van der Waals surface area contributed by atoms with Crippen molar-refractivity contribution in [3.63, 3.8) is 0 Å². The van der Waals surface area contributed by atoms with Crippen LogP contribution < -0.4 is 142 Å². The third-order valence-corrected chi connectivity index (χ3v) is 9.84. The van der Waals surface area contributed by atoms with Crippen molar-refractivity contribution in [1.82, 2.24) is 46.9 Å². The Hall–Kier alpha value is -2.30. The molecular formula is C37H48Cl3K2N11O9. The number of aliphatic imine (C=N–C) groups is 1. The molecular weight excluding hydrogens is 927 g/mol. The van der Waals surface area contributed by atoms with E-state index in [-0.39, 0.29) is 144 Å². The summed E-state index contributed by atoms with van der Waals surface area (Å²) in [6, 6.07) is 0. The molecule has 328 valence electrons. The number of imidazole rings is 2.